The van der Waals surface area contributed by atoms with Gasteiger partial charge in [-0.3, -0.25) is 4.79 Å². The first kappa shape index (κ1) is 25.0. The molecular formula is C24H23F4N9O2. The molecule has 11 nitrogen and oxygen atoms in total. The number of nitrogens with zero attached hydrogens (tertiary/aromatic N) is 7. The van der Waals surface area contributed by atoms with Crippen LogP contribution in [0.4, 0.5) is 29.1 Å². The minimum Gasteiger partial charge on any atom is -0.382 e. The smallest absolute Gasteiger partial charge is 0.382 e. The van der Waals surface area contributed by atoms with Gasteiger partial charge < -0.3 is 30.4 Å². The molecule has 0 saturated carbocycles. The second-order valence-electron chi connectivity index (χ2n) is 9.81. The second kappa shape index (κ2) is 8.90. The SMILES string of the molecule is Nc1ncnc2c1ncn2Cc1c(N2CC[C@](N)(C(=O)N3CCc4nocc4C3)C2)ccc(F)c1C(F)(F)F. The Hall–Kier alpha value is -4.27. The second-order valence-corrected chi connectivity index (χ2v) is 9.81. The fraction of sp³-hybridized carbons (Fsp3) is 0.375. The summed E-state index contributed by atoms with van der Waals surface area (Å²) in [4.78, 5) is 28.7. The van der Waals surface area contributed by atoms with Crippen molar-refractivity contribution < 1.29 is 26.9 Å². The average molecular weight is 546 g/mol. The van der Waals surface area contributed by atoms with Gasteiger partial charge >= 0.3 is 6.18 Å². The number of hydrogen-bond donors (Lipinski definition) is 2. The predicted octanol–water partition coefficient (Wildman–Crippen LogP) is 2.10. The first-order valence-corrected chi connectivity index (χ1v) is 12.1. The molecule has 1 aromatic carbocycles. The number of nitrogens with two attached hydrogens (primary N) is 2. The van der Waals surface area contributed by atoms with E-state index < -0.39 is 29.6 Å². The number of imidazole rings is 1. The number of anilines is 2. The highest BCUT2D eigenvalue weighted by Gasteiger charge is 2.46. The zero-order valence-corrected chi connectivity index (χ0v) is 20.5. The summed E-state index contributed by atoms with van der Waals surface area (Å²) in [5.74, 6) is -1.66. The number of benzene rings is 1. The van der Waals surface area contributed by atoms with Gasteiger partial charge in [0.05, 0.1) is 30.7 Å². The molecular weight excluding hydrogens is 522 g/mol. The highest BCUT2D eigenvalue weighted by Crippen LogP contribution is 2.41. The molecule has 204 valence electrons. The Labute approximate surface area is 218 Å². The third-order valence-corrected chi connectivity index (χ3v) is 7.34. The first-order valence-electron chi connectivity index (χ1n) is 12.1. The van der Waals surface area contributed by atoms with Crippen LogP contribution in [0, 0.1) is 5.82 Å². The van der Waals surface area contributed by atoms with Crippen LogP contribution in [0.5, 0.6) is 0 Å². The number of hydrogen-bond acceptors (Lipinski definition) is 9. The Morgan fingerprint density at radius 3 is 2.79 bits per heavy atom. The van der Waals surface area contributed by atoms with Crippen LogP contribution in [-0.4, -0.2) is 60.7 Å². The van der Waals surface area contributed by atoms with Crippen molar-refractivity contribution in [3.8, 4) is 0 Å². The molecule has 4 N–H and O–H groups in total. The van der Waals surface area contributed by atoms with E-state index >= 15 is 0 Å². The van der Waals surface area contributed by atoms with Gasteiger partial charge in [0.2, 0.25) is 5.91 Å². The van der Waals surface area contributed by atoms with Crippen molar-refractivity contribution in [1.82, 2.24) is 29.6 Å². The third kappa shape index (κ3) is 4.22. The predicted molar refractivity (Wildman–Crippen MR) is 130 cm³/mol. The summed E-state index contributed by atoms with van der Waals surface area (Å²) in [6.45, 7) is 0.434. The van der Waals surface area contributed by atoms with E-state index in [0.29, 0.717) is 13.0 Å². The molecule has 2 aliphatic heterocycles. The molecule has 0 bridgehead atoms. The monoisotopic (exact) mass is 545 g/mol. The van der Waals surface area contributed by atoms with Crippen LogP contribution in [-0.2, 0) is 30.5 Å². The zero-order chi connectivity index (χ0) is 27.5. The van der Waals surface area contributed by atoms with E-state index in [0.717, 1.165) is 17.3 Å². The Bertz CT molecular complexity index is 1580. The van der Waals surface area contributed by atoms with Crippen LogP contribution >= 0.6 is 0 Å². The number of carbonyl (C=O) groups excluding carboxylic acids is 1. The maximum atomic E-state index is 14.7. The average Bonchev–Trinajstić information content (AvgIpc) is 3.62. The van der Waals surface area contributed by atoms with Crippen molar-refractivity contribution in [2.45, 2.75) is 37.6 Å². The van der Waals surface area contributed by atoms with E-state index in [1.165, 1.54) is 29.6 Å². The van der Waals surface area contributed by atoms with Crippen molar-refractivity contribution >= 4 is 28.6 Å². The van der Waals surface area contributed by atoms with Gasteiger partial charge in [0.1, 0.15) is 29.5 Å². The number of alkyl halides is 3. The first-order chi connectivity index (χ1) is 18.5. The molecule has 4 aromatic rings. The minimum absolute atomic E-state index is 0.0471. The molecule has 15 heteroatoms. The number of aromatic nitrogens is 5. The van der Waals surface area contributed by atoms with Crippen molar-refractivity contribution in [2.75, 3.05) is 30.3 Å². The Balaban J connectivity index is 1.34. The van der Waals surface area contributed by atoms with Crippen molar-refractivity contribution in [1.29, 1.82) is 0 Å². The van der Waals surface area contributed by atoms with Crippen LogP contribution in [0.15, 0.2) is 35.6 Å². The van der Waals surface area contributed by atoms with Gasteiger partial charge in [-0.15, -0.1) is 0 Å². The highest BCUT2D eigenvalue weighted by molar-refractivity contribution is 5.88. The molecule has 6 rings (SSSR count). The number of halogens is 4. The Morgan fingerprint density at radius 2 is 2.00 bits per heavy atom. The fourth-order valence-electron chi connectivity index (χ4n) is 5.40. The van der Waals surface area contributed by atoms with Crippen LogP contribution in [0.2, 0.25) is 0 Å². The van der Waals surface area contributed by atoms with E-state index in [4.69, 9.17) is 16.0 Å². The van der Waals surface area contributed by atoms with Gasteiger partial charge in [-0.05, 0) is 18.6 Å². The molecule has 1 saturated heterocycles. The lowest BCUT2D eigenvalue weighted by atomic mass is 9.96. The lowest BCUT2D eigenvalue weighted by Gasteiger charge is -2.34. The van der Waals surface area contributed by atoms with Gasteiger partial charge in [-0.2, -0.15) is 13.2 Å². The summed E-state index contributed by atoms with van der Waals surface area (Å²) in [5.41, 5.74) is 11.4. The third-order valence-electron chi connectivity index (χ3n) is 7.34. The van der Waals surface area contributed by atoms with Gasteiger partial charge in [0.15, 0.2) is 11.5 Å². The largest absolute Gasteiger partial charge is 0.419 e. The number of nitrogen functional groups attached to an aromatic ring is 1. The van der Waals surface area contributed by atoms with Gasteiger partial charge in [-0.25, -0.2) is 19.3 Å². The molecule has 39 heavy (non-hydrogen) atoms. The maximum absolute atomic E-state index is 14.7. The molecule has 5 heterocycles. The van der Waals surface area contributed by atoms with Crippen molar-refractivity contribution in [3.05, 3.63) is 59.3 Å². The van der Waals surface area contributed by atoms with E-state index in [2.05, 4.69) is 20.1 Å². The zero-order valence-electron chi connectivity index (χ0n) is 20.5. The highest BCUT2D eigenvalue weighted by atomic mass is 19.4. The molecule has 0 spiro atoms. The molecule has 0 radical (unpaired) electrons. The van der Waals surface area contributed by atoms with Gasteiger partial charge in [0, 0.05) is 42.9 Å². The van der Waals surface area contributed by atoms with E-state index in [1.807, 2.05) is 0 Å². The number of carbonyl (C=O) groups is 1. The summed E-state index contributed by atoms with van der Waals surface area (Å²) < 4.78 is 63.6. The molecule has 1 atom stereocenters. The topological polar surface area (TPSA) is 145 Å². The fourth-order valence-corrected chi connectivity index (χ4v) is 5.40. The lowest BCUT2D eigenvalue weighted by Crippen LogP contribution is -2.57. The van der Waals surface area contributed by atoms with E-state index in [9.17, 15) is 22.4 Å². The molecule has 1 fully saturated rings. The summed E-state index contributed by atoms with van der Waals surface area (Å²) in [7, 11) is 0. The molecule has 2 aliphatic rings. The van der Waals surface area contributed by atoms with Crippen molar-refractivity contribution in [3.63, 3.8) is 0 Å². The van der Waals surface area contributed by atoms with Crippen LogP contribution < -0.4 is 16.4 Å². The lowest BCUT2D eigenvalue weighted by molar-refractivity contribution is -0.140. The van der Waals surface area contributed by atoms with Crippen molar-refractivity contribution in [2.24, 2.45) is 5.73 Å². The van der Waals surface area contributed by atoms with Gasteiger partial charge in [0.25, 0.3) is 0 Å². The van der Waals surface area contributed by atoms with Crippen LogP contribution in [0.1, 0.15) is 28.8 Å². The summed E-state index contributed by atoms with van der Waals surface area (Å²) in [6.07, 6.45) is -0.332. The molecule has 0 aliphatic carbocycles. The van der Waals surface area contributed by atoms with Crippen LogP contribution in [0.3, 0.4) is 0 Å². The molecule has 1 amide bonds. The van der Waals surface area contributed by atoms with E-state index in [1.54, 1.807) is 9.80 Å². The van der Waals surface area contributed by atoms with Crippen LogP contribution in [0.25, 0.3) is 11.2 Å². The minimum atomic E-state index is -4.99. The molecule has 3 aromatic heterocycles. The Kier molecular flexibility index (Phi) is 5.71. The Morgan fingerprint density at radius 1 is 1.18 bits per heavy atom. The maximum Gasteiger partial charge on any atom is 0.419 e. The summed E-state index contributed by atoms with van der Waals surface area (Å²) in [5, 5.41) is 3.92. The number of rotatable bonds is 4. The van der Waals surface area contributed by atoms with E-state index in [-0.39, 0.29) is 60.2 Å². The quantitative estimate of drug-likeness (QED) is 0.368. The number of fused-ring (bicyclic) bond motifs is 2. The summed E-state index contributed by atoms with van der Waals surface area (Å²) >= 11 is 0. The standard InChI is InChI=1S/C24H23F4N9O2/c25-15-1-2-17(14(18(15)24(26,27)28)8-37-12-33-19-20(29)31-11-32-21(19)37)36-6-4-23(30,10-36)22(38)35-5-3-16-13(7-35)9-39-34-16/h1-2,9,11-12H,3-8,10,30H2,(H2,29,31,32)/t23-/m1/s1. The van der Waals surface area contributed by atoms with Gasteiger partial charge in [-0.1, -0.05) is 5.16 Å². The summed E-state index contributed by atoms with van der Waals surface area (Å²) in [6, 6.07) is 2.06. The number of amides is 1. The normalized spacial score (nSPS) is 19.6. The molecule has 0 unspecified atom stereocenters.